The van der Waals surface area contributed by atoms with Gasteiger partial charge in [-0.05, 0) is 27.2 Å². The Hall–Kier alpha value is -1.79. The number of amides is 3. The molecule has 7 heteroatoms. The fraction of sp³-hybridized carbons (Fsp3) is 0.750. The second-order valence-corrected chi connectivity index (χ2v) is 5.27. The Morgan fingerprint density at radius 3 is 2.21 bits per heavy atom. The molecule has 0 bridgehead atoms. The first kappa shape index (κ1) is 17.2. The van der Waals surface area contributed by atoms with Gasteiger partial charge in [0.25, 0.3) is 0 Å². The average Bonchev–Trinajstić information content (AvgIpc) is 2.22. The lowest BCUT2D eigenvalue weighted by Crippen LogP contribution is -2.51. The SMILES string of the molecule is CC(C)(C)N(CCC(=O)O)C(=O)NCCCC(N)=O. The van der Waals surface area contributed by atoms with E-state index in [9.17, 15) is 14.4 Å². The number of aliphatic carboxylic acids is 1. The molecule has 0 radical (unpaired) electrons. The van der Waals surface area contributed by atoms with Crippen molar-refractivity contribution in [3.8, 4) is 0 Å². The Kier molecular flexibility index (Phi) is 6.89. The third kappa shape index (κ3) is 8.01. The lowest BCUT2D eigenvalue weighted by atomic mass is 10.1. The number of hydrogen-bond acceptors (Lipinski definition) is 3. The number of carbonyl (C=O) groups excluding carboxylic acids is 2. The number of carbonyl (C=O) groups is 3. The van der Waals surface area contributed by atoms with Gasteiger partial charge in [0.1, 0.15) is 0 Å². The van der Waals surface area contributed by atoms with Crippen molar-refractivity contribution >= 4 is 17.9 Å². The van der Waals surface area contributed by atoms with Crippen LogP contribution in [0.1, 0.15) is 40.0 Å². The van der Waals surface area contributed by atoms with Gasteiger partial charge in [-0.2, -0.15) is 0 Å². The first-order valence-corrected chi connectivity index (χ1v) is 6.20. The highest BCUT2D eigenvalue weighted by Crippen LogP contribution is 2.13. The topological polar surface area (TPSA) is 113 Å². The van der Waals surface area contributed by atoms with Crippen molar-refractivity contribution in [3.63, 3.8) is 0 Å². The molecule has 4 N–H and O–H groups in total. The van der Waals surface area contributed by atoms with Gasteiger partial charge in [-0.25, -0.2) is 4.79 Å². The van der Waals surface area contributed by atoms with E-state index in [1.54, 1.807) is 0 Å². The molecular formula is C12H23N3O4. The number of carboxylic acids is 1. The van der Waals surface area contributed by atoms with Crippen LogP contribution in [0.4, 0.5) is 4.79 Å². The van der Waals surface area contributed by atoms with Crippen LogP contribution in [0.25, 0.3) is 0 Å². The van der Waals surface area contributed by atoms with E-state index in [4.69, 9.17) is 10.8 Å². The zero-order valence-electron chi connectivity index (χ0n) is 11.7. The van der Waals surface area contributed by atoms with Gasteiger partial charge in [0.15, 0.2) is 0 Å². The maximum atomic E-state index is 12.0. The number of primary amides is 1. The Labute approximate surface area is 113 Å². The van der Waals surface area contributed by atoms with Crippen molar-refractivity contribution in [1.82, 2.24) is 10.2 Å². The number of rotatable bonds is 7. The monoisotopic (exact) mass is 273 g/mol. The van der Waals surface area contributed by atoms with Crippen LogP contribution in [0.3, 0.4) is 0 Å². The molecule has 0 aliphatic heterocycles. The maximum absolute atomic E-state index is 12.0. The van der Waals surface area contributed by atoms with Crippen molar-refractivity contribution in [2.24, 2.45) is 5.73 Å². The molecule has 0 atom stereocenters. The highest BCUT2D eigenvalue weighted by atomic mass is 16.4. The zero-order chi connectivity index (χ0) is 15.1. The van der Waals surface area contributed by atoms with Crippen LogP contribution in [0, 0.1) is 0 Å². The summed E-state index contributed by atoms with van der Waals surface area (Å²) in [6.07, 6.45) is 0.578. The van der Waals surface area contributed by atoms with E-state index < -0.39 is 17.4 Å². The summed E-state index contributed by atoms with van der Waals surface area (Å²) in [5.41, 5.74) is 4.52. The number of hydrogen-bond donors (Lipinski definition) is 3. The molecule has 0 spiro atoms. The van der Waals surface area contributed by atoms with Gasteiger partial charge >= 0.3 is 12.0 Å². The number of carboxylic acid groups (broad SMARTS) is 1. The first-order chi connectivity index (χ1) is 8.64. The molecule has 0 aliphatic carbocycles. The molecule has 0 rings (SSSR count). The predicted octanol–water partition coefficient (Wildman–Crippen LogP) is 0.537. The molecule has 0 aliphatic rings. The van der Waals surface area contributed by atoms with E-state index in [-0.39, 0.29) is 25.4 Å². The van der Waals surface area contributed by atoms with Crippen LogP contribution in [0.2, 0.25) is 0 Å². The van der Waals surface area contributed by atoms with E-state index in [2.05, 4.69) is 5.32 Å². The van der Waals surface area contributed by atoms with E-state index >= 15 is 0 Å². The van der Waals surface area contributed by atoms with E-state index in [1.165, 1.54) is 4.90 Å². The molecule has 0 aromatic carbocycles. The molecule has 0 aromatic heterocycles. The van der Waals surface area contributed by atoms with Crippen LogP contribution >= 0.6 is 0 Å². The number of nitrogens with two attached hydrogens (primary N) is 1. The fourth-order valence-electron chi connectivity index (χ4n) is 1.50. The van der Waals surface area contributed by atoms with Gasteiger partial charge in [-0.3, -0.25) is 9.59 Å². The minimum Gasteiger partial charge on any atom is -0.481 e. The second-order valence-electron chi connectivity index (χ2n) is 5.27. The Morgan fingerprint density at radius 2 is 1.79 bits per heavy atom. The van der Waals surface area contributed by atoms with Crippen molar-refractivity contribution in [2.45, 2.75) is 45.6 Å². The average molecular weight is 273 g/mol. The molecular weight excluding hydrogens is 250 g/mol. The molecule has 3 amide bonds. The van der Waals surface area contributed by atoms with Crippen LogP contribution in [-0.2, 0) is 9.59 Å². The zero-order valence-corrected chi connectivity index (χ0v) is 11.7. The molecule has 0 unspecified atom stereocenters. The summed E-state index contributed by atoms with van der Waals surface area (Å²) < 4.78 is 0. The lowest BCUT2D eigenvalue weighted by molar-refractivity contribution is -0.137. The summed E-state index contributed by atoms with van der Waals surface area (Å²) in [7, 11) is 0. The summed E-state index contributed by atoms with van der Waals surface area (Å²) in [4.78, 5) is 34.5. The van der Waals surface area contributed by atoms with Crippen LogP contribution < -0.4 is 11.1 Å². The minimum atomic E-state index is -0.948. The normalized spacial score (nSPS) is 10.9. The maximum Gasteiger partial charge on any atom is 0.317 e. The van der Waals surface area contributed by atoms with Gasteiger partial charge in [0.2, 0.25) is 5.91 Å². The van der Waals surface area contributed by atoms with Crippen LogP contribution in [-0.4, -0.2) is 46.5 Å². The number of nitrogens with zero attached hydrogens (tertiary/aromatic N) is 1. The van der Waals surface area contributed by atoms with Crippen molar-refractivity contribution in [1.29, 1.82) is 0 Å². The van der Waals surface area contributed by atoms with Crippen LogP contribution in [0.15, 0.2) is 0 Å². The number of nitrogens with one attached hydrogen (secondary N) is 1. The molecule has 19 heavy (non-hydrogen) atoms. The minimum absolute atomic E-state index is 0.105. The Morgan fingerprint density at radius 1 is 1.21 bits per heavy atom. The van der Waals surface area contributed by atoms with Gasteiger partial charge < -0.3 is 21.1 Å². The van der Waals surface area contributed by atoms with Crippen molar-refractivity contribution < 1.29 is 19.5 Å². The van der Waals surface area contributed by atoms with Gasteiger partial charge in [-0.1, -0.05) is 0 Å². The van der Waals surface area contributed by atoms with E-state index in [0.29, 0.717) is 13.0 Å². The summed E-state index contributed by atoms with van der Waals surface area (Å²) in [5.74, 6) is -1.36. The Balaban J connectivity index is 4.31. The summed E-state index contributed by atoms with van der Waals surface area (Å²) in [6, 6.07) is -0.335. The second kappa shape index (κ2) is 7.60. The first-order valence-electron chi connectivity index (χ1n) is 6.20. The lowest BCUT2D eigenvalue weighted by Gasteiger charge is -2.35. The third-order valence-corrected chi connectivity index (χ3v) is 2.48. The summed E-state index contributed by atoms with van der Waals surface area (Å²) in [5, 5.41) is 11.3. The largest absolute Gasteiger partial charge is 0.481 e. The molecule has 0 fully saturated rings. The Bertz CT molecular complexity index is 336. The van der Waals surface area contributed by atoms with Gasteiger partial charge in [-0.15, -0.1) is 0 Å². The van der Waals surface area contributed by atoms with Gasteiger partial charge in [0, 0.05) is 25.0 Å². The van der Waals surface area contributed by atoms with Crippen molar-refractivity contribution in [2.75, 3.05) is 13.1 Å². The van der Waals surface area contributed by atoms with Gasteiger partial charge in [0.05, 0.1) is 6.42 Å². The molecule has 0 saturated carbocycles. The molecule has 0 heterocycles. The molecule has 0 saturated heterocycles. The molecule has 0 aromatic rings. The highest BCUT2D eigenvalue weighted by molar-refractivity contribution is 5.76. The predicted molar refractivity (Wildman–Crippen MR) is 70.5 cm³/mol. The molecule has 7 nitrogen and oxygen atoms in total. The van der Waals surface area contributed by atoms with E-state index in [1.807, 2.05) is 20.8 Å². The van der Waals surface area contributed by atoms with Crippen LogP contribution in [0.5, 0.6) is 0 Å². The number of urea groups is 1. The fourth-order valence-corrected chi connectivity index (χ4v) is 1.50. The smallest absolute Gasteiger partial charge is 0.317 e. The summed E-state index contributed by atoms with van der Waals surface area (Å²) in [6.45, 7) is 5.97. The van der Waals surface area contributed by atoms with E-state index in [0.717, 1.165) is 0 Å². The molecule has 110 valence electrons. The summed E-state index contributed by atoms with van der Waals surface area (Å²) >= 11 is 0. The standard InChI is InChI=1S/C12H23N3O4/c1-12(2,3)15(8-6-10(17)18)11(19)14-7-4-5-9(13)16/h4-8H2,1-3H3,(H2,13,16)(H,14,19)(H,17,18). The quantitative estimate of drug-likeness (QED) is 0.587. The van der Waals surface area contributed by atoms with Crippen molar-refractivity contribution in [3.05, 3.63) is 0 Å². The third-order valence-electron chi connectivity index (χ3n) is 2.48. The highest BCUT2D eigenvalue weighted by Gasteiger charge is 2.26.